The van der Waals surface area contributed by atoms with Crippen molar-refractivity contribution in [3.05, 3.63) is 76.8 Å². The molecule has 0 bridgehead atoms. The summed E-state index contributed by atoms with van der Waals surface area (Å²) in [5.74, 6) is 0. The summed E-state index contributed by atoms with van der Waals surface area (Å²) in [6.07, 6.45) is 16.2. The number of nitrogens with zero attached hydrogens (tertiary/aromatic N) is 1. The molecular formula is C12H12BNO3. The van der Waals surface area contributed by atoms with E-state index in [9.17, 15) is 4.91 Å². The highest BCUT2D eigenvalue weighted by molar-refractivity contribution is 6.51. The first-order valence-corrected chi connectivity index (χ1v) is 5.03. The molecule has 1 aliphatic carbocycles. The molecule has 5 heteroatoms. The molecule has 0 atom stereocenters. The minimum Gasteiger partial charge on any atom is -0.423 e. The van der Waals surface area contributed by atoms with Gasteiger partial charge < -0.3 is 10.0 Å². The van der Waals surface area contributed by atoms with Crippen molar-refractivity contribution in [2.75, 3.05) is 0 Å². The van der Waals surface area contributed by atoms with E-state index < -0.39 is 7.12 Å². The topological polar surface area (TPSA) is 69.9 Å². The maximum atomic E-state index is 10.4. The van der Waals surface area contributed by atoms with Gasteiger partial charge in [0, 0.05) is 0 Å². The summed E-state index contributed by atoms with van der Waals surface area (Å²) in [5.41, 5.74) is 0.684. The molecule has 0 aromatic heterocycles. The van der Waals surface area contributed by atoms with Crippen molar-refractivity contribution in [2.24, 2.45) is 5.18 Å². The third kappa shape index (κ3) is 5.06. The summed E-state index contributed by atoms with van der Waals surface area (Å²) in [4.78, 5) is 10.4. The SMILES string of the molecule is O=NC1=C/C=C\C=C/C(B(O)O)=C\C=C/C=C\1. The predicted molar refractivity (Wildman–Crippen MR) is 68.7 cm³/mol. The number of nitroso groups, excluding NO2 is 1. The van der Waals surface area contributed by atoms with E-state index in [1.165, 1.54) is 0 Å². The van der Waals surface area contributed by atoms with Crippen molar-refractivity contribution in [3.8, 4) is 0 Å². The van der Waals surface area contributed by atoms with E-state index in [2.05, 4.69) is 5.18 Å². The van der Waals surface area contributed by atoms with Gasteiger partial charge in [0.05, 0.1) is 0 Å². The van der Waals surface area contributed by atoms with Gasteiger partial charge in [0.1, 0.15) is 5.70 Å². The average Bonchev–Trinajstić information content (AvgIpc) is 2.29. The van der Waals surface area contributed by atoms with Gasteiger partial charge in [-0.3, -0.25) is 0 Å². The van der Waals surface area contributed by atoms with E-state index in [1.807, 2.05) is 0 Å². The molecule has 0 aromatic rings. The lowest BCUT2D eigenvalue weighted by Crippen LogP contribution is -2.13. The van der Waals surface area contributed by atoms with E-state index >= 15 is 0 Å². The lowest BCUT2D eigenvalue weighted by atomic mass is 9.79. The van der Waals surface area contributed by atoms with Crippen molar-refractivity contribution in [2.45, 2.75) is 0 Å². The summed E-state index contributed by atoms with van der Waals surface area (Å²) in [7, 11) is -1.51. The molecule has 2 N–H and O–H groups in total. The molecule has 86 valence electrons. The van der Waals surface area contributed by atoms with Crippen LogP contribution in [0.2, 0.25) is 0 Å². The van der Waals surface area contributed by atoms with Gasteiger partial charge in [0.25, 0.3) is 0 Å². The quantitative estimate of drug-likeness (QED) is 0.560. The van der Waals surface area contributed by atoms with Crippen LogP contribution in [-0.4, -0.2) is 17.2 Å². The summed E-state index contributed by atoms with van der Waals surface area (Å²) in [6, 6.07) is 0. The zero-order valence-electron chi connectivity index (χ0n) is 9.10. The molecule has 17 heavy (non-hydrogen) atoms. The van der Waals surface area contributed by atoms with Gasteiger partial charge in [0.15, 0.2) is 0 Å². The van der Waals surface area contributed by atoms with Crippen LogP contribution < -0.4 is 0 Å². The largest absolute Gasteiger partial charge is 0.488 e. The van der Waals surface area contributed by atoms with Gasteiger partial charge in [-0.25, -0.2) is 0 Å². The van der Waals surface area contributed by atoms with Crippen LogP contribution in [0.3, 0.4) is 0 Å². The Labute approximate surface area is 99.8 Å². The fourth-order valence-electron chi connectivity index (χ4n) is 1.11. The highest BCUT2D eigenvalue weighted by atomic mass is 16.4. The number of allylic oxidation sites excluding steroid dienone is 11. The first kappa shape index (κ1) is 13.1. The third-order valence-electron chi connectivity index (χ3n) is 1.96. The van der Waals surface area contributed by atoms with Gasteiger partial charge in [-0.05, 0) is 22.8 Å². The van der Waals surface area contributed by atoms with Crippen LogP contribution in [-0.2, 0) is 0 Å². The molecular weight excluding hydrogens is 217 g/mol. The Morgan fingerprint density at radius 2 is 1.53 bits per heavy atom. The Hall–Kier alpha value is -1.98. The Balaban J connectivity index is 2.97. The zero-order valence-corrected chi connectivity index (χ0v) is 9.10. The Morgan fingerprint density at radius 1 is 0.882 bits per heavy atom. The van der Waals surface area contributed by atoms with Gasteiger partial charge in [-0.2, -0.15) is 0 Å². The van der Waals surface area contributed by atoms with E-state index in [0.717, 1.165) is 0 Å². The first-order chi connectivity index (χ1) is 8.24. The van der Waals surface area contributed by atoms with E-state index in [4.69, 9.17) is 10.0 Å². The minimum atomic E-state index is -1.51. The van der Waals surface area contributed by atoms with Crippen molar-refractivity contribution in [1.82, 2.24) is 0 Å². The summed E-state index contributed by atoms with van der Waals surface area (Å²) < 4.78 is 0. The molecule has 0 radical (unpaired) electrons. The molecule has 0 spiro atoms. The van der Waals surface area contributed by atoms with Crippen LogP contribution in [0, 0.1) is 4.91 Å². The molecule has 0 heterocycles. The molecule has 1 aliphatic rings. The molecule has 1 rings (SSSR count). The second-order valence-corrected chi connectivity index (χ2v) is 3.21. The van der Waals surface area contributed by atoms with Crippen LogP contribution in [0.1, 0.15) is 0 Å². The van der Waals surface area contributed by atoms with E-state index in [1.54, 1.807) is 60.8 Å². The maximum absolute atomic E-state index is 10.4. The molecule has 0 saturated carbocycles. The molecule has 4 nitrogen and oxygen atoms in total. The second kappa shape index (κ2) is 7.32. The van der Waals surface area contributed by atoms with Crippen molar-refractivity contribution >= 4 is 7.12 Å². The average molecular weight is 229 g/mol. The Morgan fingerprint density at radius 3 is 2.18 bits per heavy atom. The van der Waals surface area contributed by atoms with Crippen LogP contribution in [0.25, 0.3) is 0 Å². The van der Waals surface area contributed by atoms with Gasteiger partial charge in [-0.15, -0.1) is 4.91 Å². The van der Waals surface area contributed by atoms with E-state index in [0.29, 0.717) is 11.2 Å². The van der Waals surface area contributed by atoms with E-state index in [-0.39, 0.29) is 0 Å². The Kier molecular flexibility index (Phi) is 5.64. The van der Waals surface area contributed by atoms with Crippen LogP contribution in [0.4, 0.5) is 0 Å². The van der Waals surface area contributed by atoms with Gasteiger partial charge in [0.2, 0.25) is 0 Å². The molecule has 0 amide bonds. The smallest absolute Gasteiger partial charge is 0.423 e. The number of hydrogen-bond donors (Lipinski definition) is 2. The van der Waals surface area contributed by atoms with Gasteiger partial charge in [-0.1, -0.05) is 48.6 Å². The van der Waals surface area contributed by atoms with Crippen LogP contribution in [0.5, 0.6) is 0 Å². The summed E-state index contributed by atoms with van der Waals surface area (Å²) in [6.45, 7) is 0. The zero-order chi connectivity index (χ0) is 12.5. The monoisotopic (exact) mass is 229 g/mol. The lowest BCUT2D eigenvalue weighted by Gasteiger charge is -1.97. The molecule has 0 fully saturated rings. The standard InChI is InChI=1S/C12H12BNO3/c15-13(16)11-7-3-1-5-9-12(14-17)10-6-2-4-8-11/h1-10,15-16H/b3-1-,4-2?,5-1?,6-2-,7-3?,8-4-,9-5-,10-6?,11-7+,11-8?,12-9?,12-10+. The normalized spacial score (nSPS) is 29.3. The molecule has 0 aliphatic heterocycles. The van der Waals surface area contributed by atoms with Crippen LogP contribution in [0.15, 0.2) is 77.1 Å². The second-order valence-electron chi connectivity index (χ2n) is 3.21. The highest BCUT2D eigenvalue weighted by Gasteiger charge is 2.09. The minimum absolute atomic E-state index is 0.311. The predicted octanol–water partition coefficient (Wildman–Crippen LogP) is 1.81. The van der Waals surface area contributed by atoms with Gasteiger partial charge >= 0.3 is 7.12 Å². The summed E-state index contributed by atoms with van der Waals surface area (Å²) in [5, 5.41) is 20.9. The first-order valence-electron chi connectivity index (χ1n) is 5.03. The Bertz CT molecular complexity index is 443. The fraction of sp³-hybridized carbons (Fsp3) is 0. The number of hydrogen-bond acceptors (Lipinski definition) is 4. The highest BCUT2D eigenvalue weighted by Crippen LogP contribution is 2.03. The molecule has 0 unspecified atom stereocenters. The molecule has 0 aromatic carbocycles. The fourth-order valence-corrected chi connectivity index (χ4v) is 1.11. The van der Waals surface area contributed by atoms with Crippen molar-refractivity contribution in [3.63, 3.8) is 0 Å². The lowest BCUT2D eigenvalue weighted by molar-refractivity contribution is 0.420. The molecule has 0 saturated heterocycles. The van der Waals surface area contributed by atoms with Crippen LogP contribution >= 0.6 is 0 Å². The van der Waals surface area contributed by atoms with Crippen molar-refractivity contribution < 1.29 is 10.0 Å². The third-order valence-corrected chi connectivity index (χ3v) is 1.96. The number of rotatable bonds is 2. The summed E-state index contributed by atoms with van der Waals surface area (Å²) >= 11 is 0. The van der Waals surface area contributed by atoms with Crippen molar-refractivity contribution in [1.29, 1.82) is 0 Å². The maximum Gasteiger partial charge on any atom is 0.488 e.